The molecule has 1 rings (SSSR count). The number of nitrogens with one attached hydrogen (secondary N) is 1. The van der Waals surface area contributed by atoms with E-state index >= 15 is 0 Å². The third-order valence-electron chi connectivity index (χ3n) is 0.858. The van der Waals surface area contributed by atoms with Crippen molar-refractivity contribution < 1.29 is 11.0 Å². The van der Waals surface area contributed by atoms with Crippen LogP contribution in [0.15, 0.2) is 0 Å². The van der Waals surface area contributed by atoms with Crippen LogP contribution < -0.4 is 5.32 Å². The lowest BCUT2D eigenvalue weighted by Crippen LogP contribution is -2.18. The molecular formula is C6H13NO2. The molecule has 1 fully saturated rings. The molecule has 2 amide bonds. The van der Waals surface area contributed by atoms with Gasteiger partial charge in [-0.3, -0.25) is 14.9 Å². The van der Waals surface area contributed by atoms with E-state index in [0.29, 0.717) is 12.8 Å². The van der Waals surface area contributed by atoms with Gasteiger partial charge in [-0.25, -0.2) is 0 Å². The molecule has 1 saturated heterocycles. The fourth-order valence-corrected chi connectivity index (χ4v) is 0.508. The Hall–Kier alpha value is -0.860. The summed E-state index contributed by atoms with van der Waals surface area (Å²) in [6, 6.07) is 0. The Balaban J connectivity index is 0. The molecule has 1 aliphatic rings. The summed E-state index contributed by atoms with van der Waals surface area (Å²) in [7, 11) is 0. The molecule has 1 N–H and O–H groups in total. The van der Waals surface area contributed by atoms with Crippen LogP contribution in [0.3, 0.4) is 0 Å². The largest absolute Gasteiger partial charge is 0.296 e. The molecule has 3 nitrogen and oxygen atoms in total. The predicted octanol–water partition coefficient (Wildman–Crippen LogP) is 0.695. The molecule has 0 bridgehead atoms. The molecule has 9 heavy (non-hydrogen) atoms. The van der Waals surface area contributed by atoms with Crippen LogP contribution >= 0.6 is 0 Å². The summed E-state index contributed by atoms with van der Waals surface area (Å²) >= 11 is 0. The summed E-state index contributed by atoms with van der Waals surface area (Å²) in [5.41, 5.74) is 0. The van der Waals surface area contributed by atoms with Gasteiger partial charge in [0.25, 0.3) is 0 Å². The van der Waals surface area contributed by atoms with E-state index < -0.39 is 0 Å². The van der Waals surface area contributed by atoms with Crippen LogP contribution in [0.2, 0.25) is 0 Å². The standard InChI is InChI=1S/C4H5NO2.C2H6.H2/c6-3-1-2-4(7)5-3;1-2;/h1-2H2,(H,5,6,7);1-2H3;1H. The average molecular weight is 131 g/mol. The number of amides is 2. The minimum Gasteiger partial charge on any atom is -0.296 e. The highest BCUT2D eigenvalue weighted by Crippen LogP contribution is 1.95. The second-order valence-corrected chi connectivity index (χ2v) is 1.47. The fraction of sp³-hybridized carbons (Fsp3) is 0.667. The zero-order valence-electron chi connectivity index (χ0n) is 5.73. The van der Waals surface area contributed by atoms with Gasteiger partial charge in [-0.1, -0.05) is 13.8 Å². The highest BCUT2D eigenvalue weighted by Gasteiger charge is 2.15. The van der Waals surface area contributed by atoms with Gasteiger partial charge in [-0.2, -0.15) is 0 Å². The van der Waals surface area contributed by atoms with Crippen LogP contribution in [-0.4, -0.2) is 11.8 Å². The van der Waals surface area contributed by atoms with Gasteiger partial charge in [0.15, 0.2) is 0 Å². The van der Waals surface area contributed by atoms with Gasteiger partial charge in [0.05, 0.1) is 0 Å². The normalized spacial score (nSPS) is 16.2. The van der Waals surface area contributed by atoms with Crippen molar-refractivity contribution in [2.45, 2.75) is 26.7 Å². The third kappa shape index (κ3) is 2.85. The van der Waals surface area contributed by atoms with E-state index in [-0.39, 0.29) is 13.2 Å². The highest BCUT2D eigenvalue weighted by atomic mass is 16.2. The van der Waals surface area contributed by atoms with E-state index in [9.17, 15) is 9.59 Å². The third-order valence-corrected chi connectivity index (χ3v) is 0.858. The van der Waals surface area contributed by atoms with Crippen LogP contribution in [0, 0.1) is 0 Å². The van der Waals surface area contributed by atoms with Gasteiger partial charge in [-0.05, 0) is 0 Å². The smallest absolute Gasteiger partial charge is 0.227 e. The first-order chi connectivity index (χ1) is 4.29. The van der Waals surface area contributed by atoms with Gasteiger partial charge in [0.2, 0.25) is 11.8 Å². The first kappa shape index (κ1) is 8.14. The lowest BCUT2D eigenvalue weighted by atomic mass is 10.4. The molecule has 54 valence electrons. The number of imide groups is 1. The van der Waals surface area contributed by atoms with Gasteiger partial charge in [0.1, 0.15) is 0 Å². The maximum absolute atomic E-state index is 10.1. The number of hydrogen-bond donors (Lipinski definition) is 1. The zero-order chi connectivity index (χ0) is 7.28. The van der Waals surface area contributed by atoms with Crippen molar-refractivity contribution in [2.24, 2.45) is 0 Å². The van der Waals surface area contributed by atoms with Crippen LogP contribution in [0.25, 0.3) is 0 Å². The molecule has 0 aromatic rings. The Bertz CT molecular complexity index is 111. The van der Waals surface area contributed by atoms with Crippen molar-refractivity contribution in [1.82, 2.24) is 5.32 Å². The lowest BCUT2D eigenvalue weighted by Gasteiger charge is -1.79. The Labute approximate surface area is 55.9 Å². The molecule has 0 spiro atoms. The second-order valence-electron chi connectivity index (χ2n) is 1.47. The Morgan fingerprint density at radius 1 is 1.22 bits per heavy atom. The quantitative estimate of drug-likeness (QED) is 0.492. The van der Waals surface area contributed by atoms with Crippen LogP contribution in [-0.2, 0) is 9.59 Å². The highest BCUT2D eigenvalue weighted by molar-refractivity contribution is 6.01. The maximum atomic E-state index is 10.1. The monoisotopic (exact) mass is 131 g/mol. The second kappa shape index (κ2) is 4.06. The number of rotatable bonds is 0. The van der Waals surface area contributed by atoms with Gasteiger partial charge in [-0.15, -0.1) is 0 Å². The van der Waals surface area contributed by atoms with E-state index in [2.05, 4.69) is 5.32 Å². The van der Waals surface area contributed by atoms with Crippen molar-refractivity contribution in [3.63, 3.8) is 0 Å². The lowest BCUT2D eigenvalue weighted by molar-refractivity contribution is -0.124. The van der Waals surface area contributed by atoms with Crippen molar-refractivity contribution >= 4 is 11.8 Å². The minimum absolute atomic E-state index is 0. The summed E-state index contributed by atoms with van der Waals surface area (Å²) in [5, 5.41) is 2.14. The summed E-state index contributed by atoms with van der Waals surface area (Å²) in [5.74, 6) is -0.296. The Morgan fingerprint density at radius 3 is 1.67 bits per heavy atom. The van der Waals surface area contributed by atoms with E-state index in [0.717, 1.165) is 0 Å². The van der Waals surface area contributed by atoms with Crippen molar-refractivity contribution in [1.29, 1.82) is 0 Å². The molecule has 3 heteroatoms. The maximum Gasteiger partial charge on any atom is 0.227 e. The van der Waals surface area contributed by atoms with E-state index in [1.807, 2.05) is 13.8 Å². The number of hydrogen-bond acceptors (Lipinski definition) is 2. The Morgan fingerprint density at radius 2 is 1.56 bits per heavy atom. The molecule has 0 aliphatic carbocycles. The van der Waals surface area contributed by atoms with E-state index in [4.69, 9.17) is 0 Å². The molecule has 0 radical (unpaired) electrons. The molecule has 1 aliphatic heterocycles. The van der Waals surface area contributed by atoms with Gasteiger partial charge >= 0.3 is 0 Å². The zero-order valence-corrected chi connectivity index (χ0v) is 5.73. The number of carbonyl (C=O) groups excluding carboxylic acids is 2. The molecular weight excluding hydrogens is 118 g/mol. The predicted molar refractivity (Wildman–Crippen MR) is 35.8 cm³/mol. The first-order valence-corrected chi connectivity index (χ1v) is 3.12. The van der Waals surface area contributed by atoms with Gasteiger partial charge < -0.3 is 0 Å². The van der Waals surface area contributed by atoms with Gasteiger partial charge in [0, 0.05) is 14.3 Å². The molecule has 0 atom stereocenters. The summed E-state index contributed by atoms with van der Waals surface area (Å²) in [6.45, 7) is 4.00. The van der Waals surface area contributed by atoms with E-state index in [1.54, 1.807) is 0 Å². The summed E-state index contributed by atoms with van der Waals surface area (Å²) < 4.78 is 0. The summed E-state index contributed by atoms with van der Waals surface area (Å²) in [6.07, 6.45) is 0.748. The Kier molecular flexibility index (Phi) is 3.67. The minimum atomic E-state index is -0.148. The number of carbonyl (C=O) groups is 2. The van der Waals surface area contributed by atoms with Crippen LogP contribution in [0.4, 0.5) is 0 Å². The molecule has 1 heterocycles. The van der Waals surface area contributed by atoms with Crippen molar-refractivity contribution in [3.05, 3.63) is 0 Å². The van der Waals surface area contributed by atoms with Crippen LogP contribution in [0.1, 0.15) is 28.1 Å². The molecule has 0 unspecified atom stereocenters. The van der Waals surface area contributed by atoms with Crippen molar-refractivity contribution in [2.75, 3.05) is 0 Å². The average Bonchev–Trinajstić information content (AvgIpc) is 2.20. The SMILES string of the molecule is CC.O=C1CCC(=O)N1.[HH]. The topological polar surface area (TPSA) is 46.2 Å². The summed E-state index contributed by atoms with van der Waals surface area (Å²) in [4.78, 5) is 20.2. The first-order valence-electron chi connectivity index (χ1n) is 3.12. The molecule has 0 aromatic carbocycles. The molecule has 0 aromatic heterocycles. The fourth-order valence-electron chi connectivity index (χ4n) is 0.508. The van der Waals surface area contributed by atoms with Crippen molar-refractivity contribution in [3.8, 4) is 0 Å². The van der Waals surface area contributed by atoms with Crippen LogP contribution in [0.5, 0.6) is 0 Å². The molecule has 0 saturated carbocycles. The van der Waals surface area contributed by atoms with E-state index in [1.165, 1.54) is 0 Å².